The highest BCUT2D eigenvalue weighted by Gasteiger charge is 2.35. The van der Waals surface area contributed by atoms with E-state index in [4.69, 9.17) is 9.47 Å². The Labute approximate surface area is 171 Å². The summed E-state index contributed by atoms with van der Waals surface area (Å²) >= 11 is 3.54. The summed E-state index contributed by atoms with van der Waals surface area (Å²) in [5.74, 6) is 0.176. The van der Waals surface area contributed by atoms with Crippen LogP contribution in [0.25, 0.3) is 0 Å². The van der Waals surface area contributed by atoms with E-state index in [1.807, 2.05) is 12.1 Å². The monoisotopic (exact) mass is 444 g/mol. The third-order valence-electron chi connectivity index (χ3n) is 5.35. The van der Waals surface area contributed by atoms with Crippen LogP contribution in [0.2, 0.25) is 0 Å². The summed E-state index contributed by atoms with van der Waals surface area (Å²) in [7, 11) is 0. The summed E-state index contributed by atoms with van der Waals surface area (Å²) in [6.07, 6.45) is 1.69. The minimum atomic E-state index is -0.221. The highest BCUT2D eigenvalue weighted by Crippen LogP contribution is 2.35. The summed E-state index contributed by atoms with van der Waals surface area (Å²) in [6.45, 7) is 1.86. The Bertz CT molecular complexity index is 909. The second kappa shape index (κ2) is 7.93. The van der Waals surface area contributed by atoms with Crippen molar-refractivity contribution in [2.24, 2.45) is 0 Å². The van der Waals surface area contributed by atoms with Crippen molar-refractivity contribution in [3.05, 3.63) is 58.1 Å². The van der Waals surface area contributed by atoms with Crippen molar-refractivity contribution < 1.29 is 19.1 Å². The van der Waals surface area contributed by atoms with Gasteiger partial charge < -0.3 is 20.1 Å². The summed E-state index contributed by atoms with van der Waals surface area (Å²) in [5.41, 5.74) is 2.04. The third kappa shape index (κ3) is 3.91. The molecule has 7 heteroatoms. The topological polar surface area (TPSA) is 76.7 Å². The SMILES string of the molecule is O=C1COc2ccc(C(=O)NCC3(c4cccc(Br)c4)CCOCC3)cc2N1. The fourth-order valence-electron chi connectivity index (χ4n) is 3.72. The van der Waals surface area contributed by atoms with Crippen LogP contribution in [0.3, 0.4) is 0 Å². The standard InChI is InChI=1S/C21H21BrN2O4/c22-16-3-1-2-15(11-16)21(6-8-27-9-7-21)13-23-20(26)14-4-5-18-17(10-14)24-19(25)12-28-18/h1-5,10-11H,6-9,12-13H2,(H,23,26)(H,24,25). The molecule has 2 aliphatic rings. The lowest BCUT2D eigenvalue weighted by molar-refractivity contribution is -0.118. The molecule has 2 aliphatic heterocycles. The molecule has 6 nitrogen and oxygen atoms in total. The van der Waals surface area contributed by atoms with E-state index in [9.17, 15) is 9.59 Å². The van der Waals surface area contributed by atoms with E-state index in [1.165, 1.54) is 5.56 Å². The highest BCUT2D eigenvalue weighted by atomic mass is 79.9. The van der Waals surface area contributed by atoms with Crippen molar-refractivity contribution in [3.63, 3.8) is 0 Å². The zero-order valence-electron chi connectivity index (χ0n) is 15.3. The highest BCUT2D eigenvalue weighted by molar-refractivity contribution is 9.10. The largest absolute Gasteiger partial charge is 0.482 e. The Morgan fingerprint density at radius 1 is 1.18 bits per heavy atom. The van der Waals surface area contributed by atoms with E-state index in [-0.39, 0.29) is 23.8 Å². The molecule has 28 heavy (non-hydrogen) atoms. The van der Waals surface area contributed by atoms with Crippen LogP contribution in [0.1, 0.15) is 28.8 Å². The van der Waals surface area contributed by atoms with Crippen LogP contribution >= 0.6 is 15.9 Å². The Kier molecular flexibility index (Phi) is 5.37. The number of benzene rings is 2. The first-order valence-corrected chi connectivity index (χ1v) is 10.0. The molecule has 2 aromatic carbocycles. The molecule has 0 aromatic heterocycles. The van der Waals surface area contributed by atoms with Crippen LogP contribution in [-0.4, -0.2) is 38.2 Å². The number of nitrogens with one attached hydrogen (secondary N) is 2. The van der Waals surface area contributed by atoms with Gasteiger partial charge in [-0.05, 0) is 48.7 Å². The van der Waals surface area contributed by atoms with E-state index in [2.05, 4.69) is 38.7 Å². The summed E-state index contributed by atoms with van der Waals surface area (Å²) in [5, 5.41) is 5.82. The van der Waals surface area contributed by atoms with Gasteiger partial charge in [0.2, 0.25) is 0 Å². The first kappa shape index (κ1) is 19.0. The molecule has 1 fully saturated rings. The molecule has 0 spiro atoms. The smallest absolute Gasteiger partial charge is 0.262 e. The van der Waals surface area contributed by atoms with E-state index >= 15 is 0 Å². The maximum absolute atomic E-state index is 12.8. The lowest BCUT2D eigenvalue weighted by Crippen LogP contribution is -2.44. The number of amides is 2. The lowest BCUT2D eigenvalue weighted by Gasteiger charge is -2.38. The molecule has 0 aliphatic carbocycles. The molecule has 2 heterocycles. The number of fused-ring (bicyclic) bond motifs is 1. The number of carbonyl (C=O) groups excluding carboxylic acids is 2. The minimum Gasteiger partial charge on any atom is -0.482 e. The number of carbonyl (C=O) groups is 2. The van der Waals surface area contributed by atoms with Gasteiger partial charge in [0.05, 0.1) is 5.69 Å². The van der Waals surface area contributed by atoms with Crippen molar-refractivity contribution in [1.29, 1.82) is 0 Å². The van der Waals surface area contributed by atoms with Gasteiger partial charge in [-0.15, -0.1) is 0 Å². The second-order valence-corrected chi connectivity index (χ2v) is 8.05. The molecule has 2 amide bonds. The maximum atomic E-state index is 12.8. The number of anilines is 1. The van der Waals surface area contributed by atoms with Gasteiger partial charge >= 0.3 is 0 Å². The number of hydrogen-bond donors (Lipinski definition) is 2. The van der Waals surface area contributed by atoms with Crippen LogP contribution < -0.4 is 15.4 Å². The number of hydrogen-bond acceptors (Lipinski definition) is 4. The fourth-order valence-corrected chi connectivity index (χ4v) is 4.12. The molecule has 4 rings (SSSR count). The Hall–Kier alpha value is -2.38. The van der Waals surface area contributed by atoms with Crippen molar-refractivity contribution >= 4 is 33.4 Å². The molecule has 146 valence electrons. The Balaban J connectivity index is 1.52. The average Bonchev–Trinajstić information content (AvgIpc) is 2.72. The summed E-state index contributed by atoms with van der Waals surface area (Å²) in [4.78, 5) is 24.3. The number of halogens is 1. The van der Waals surface area contributed by atoms with Gasteiger partial charge in [-0.25, -0.2) is 0 Å². The van der Waals surface area contributed by atoms with Gasteiger partial charge in [-0.1, -0.05) is 28.1 Å². The predicted octanol–water partition coefficient (Wildman–Crippen LogP) is 3.26. The molecule has 1 saturated heterocycles. The number of rotatable bonds is 4. The quantitative estimate of drug-likeness (QED) is 0.758. The molecule has 0 unspecified atom stereocenters. The van der Waals surface area contributed by atoms with Gasteiger partial charge in [-0.3, -0.25) is 9.59 Å². The van der Waals surface area contributed by atoms with Crippen LogP contribution in [0.15, 0.2) is 46.9 Å². The maximum Gasteiger partial charge on any atom is 0.262 e. The van der Waals surface area contributed by atoms with Gasteiger partial charge in [-0.2, -0.15) is 0 Å². The van der Waals surface area contributed by atoms with Gasteiger partial charge in [0.15, 0.2) is 6.61 Å². The normalized spacial score (nSPS) is 17.8. The molecule has 0 bridgehead atoms. The molecule has 2 N–H and O–H groups in total. The first-order chi connectivity index (χ1) is 13.6. The van der Waals surface area contributed by atoms with E-state index in [0.29, 0.717) is 36.8 Å². The fraction of sp³-hybridized carbons (Fsp3) is 0.333. The van der Waals surface area contributed by atoms with Crippen molar-refractivity contribution in [1.82, 2.24) is 5.32 Å². The van der Waals surface area contributed by atoms with Crippen LogP contribution in [-0.2, 0) is 14.9 Å². The zero-order chi connectivity index (χ0) is 19.6. The molecular weight excluding hydrogens is 424 g/mol. The summed E-state index contributed by atoms with van der Waals surface area (Å²) < 4.78 is 11.9. The third-order valence-corrected chi connectivity index (χ3v) is 5.84. The van der Waals surface area contributed by atoms with Crippen LogP contribution in [0, 0.1) is 0 Å². The van der Waals surface area contributed by atoms with Crippen LogP contribution in [0.5, 0.6) is 5.75 Å². The second-order valence-electron chi connectivity index (χ2n) is 7.13. The van der Waals surface area contributed by atoms with E-state index in [1.54, 1.807) is 18.2 Å². The Morgan fingerprint density at radius 3 is 2.79 bits per heavy atom. The van der Waals surface area contributed by atoms with Gasteiger partial charge in [0.1, 0.15) is 5.75 Å². The zero-order valence-corrected chi connectivity index (χ0v) is 16.9. The van der Waals surface area contributed by atoms with Crippen molar-refractivity contribution in [3.8, 4) is 5.75 Å². The average molecular weight is 445 g/mol. The minimum absolute atomic E-state index is 0.00420. The number of ether oxygens (including phenoxy) is 2. The first-order valence-electron chi connectivity index (χ1n) is 9.24. The van der Waals surface area contributed by atoms with Gasteiger partial charge in [0.25, 0.3) is 11.8 Å². The van der Waals surface area contributed by atoms with E-state index < -0.39 is 0 Å². The van der Waals surface area contributed by atoms with Crippen LogP contribution in [0.4, 0.5) is 5.69 Å². The predicted molar refractivity (Wildman–Crippen MR) is 109 cm³/mol. The Morgan fingerprint density at radius 2 is 2.00 bits per heavy atom. The summed E-state index contributed by atoms with van der Waals surface area (Å²) in [6, 6.07) is 13.3. The van der Waals surface area contributed by atoms with E-state index in [0.717, 1.165) is 17.3 Å². The van der Waals surface area contributed by atoms with Gasteiger partial charge in [0, 0.05) is 35.2 Å². The molecule has 0 saturated carbocycles. The molecule has 2 aromatic rings. The molecule has 0 atom stereocenters. The molecule has 0 radical (unpaired) electrons. The molecular formula is C21H21BrN2O4. The van der Waals surface area contributed by atoms with Crippen molar-refractivity contribution in [2.75, 3.05) is 31.7 Å². The van der Waals surface area contributed by atoms with Crippen molar-refractivity contribution in [2.45, 2.75) is 18.3 Å². The lowest BCUT2D eigenvalue weighted by atomic mass is 9.74.